The van der Waals surface area contributed by atoms with Crippen LogP contribution in [-0.4, -0.2) is 49.5 Å². The summed E-state index contributed by atoms with van der Waals surface area (Å²) in [5.74, 6) is -0.459. The number of amides is 2. The fourth-order valence-corrected chi connectivity index (χ4v) is 4.14. The van der Waals surface area contributed by atoms with Gasteiger partial charge in [-0.1, -0.05) is 30.3 Å². The van der Waals surface area contributed by atoms with Gasteiger partial charge in [0.05, 0.1) is 14.2 Å². The zero-order valence-electron chi connectivity index (χ0n) is 17.4. The van der Waals surface area contributed by atoms with Gasteiger partial charge in [0.2, 0.25) is 18.0 Å². The molecule has 1 fully saturated rings. The Labute approximate surface area is 180 Å². The van der Waals surface area contributed by atoms with Crippen LogP contribution in [-0.2, 0) is 20.7 Å². The molecule has 2 atom stereocenters. The Hall–Kier alpha value is -3.55. The lowest BCUT2D eigenvalue weighted by molar-refractivity contribution is -0.145. The summed E-state index contributed by atoms with van der Waals surface area (Å²) in [6, 6.07) is 12.4. The Balaban J connectivity index is 1.53. The van der Waals surface area contributed by atoms with Crippen LogP contribution in [0.1, 0.15) is 40.6 Å². The van der Waals surface area contributed by atoms with E-state index in [1.165, 1.54) is 19.1 Å². The number of hydrogen-bond acceptors (Lipinski definition) is 6. The van der Waals surface area contributed by atoms with Crippen LogP contribution in [0.5, 0.6) is 11.5 Å². The Kier molecular flexibility index (Phi) is 5.79. The van der Waals surface area contributed by atoms with E-state index in [1.54, 1.807) is 12.1 Å². The molecule has 2 aromatic carbocycles. The number of fused-ring (bicyclic) bond motifs is 1. The normalized spacial score (nSPS) is 19.7. The Morgan fingerprint density at radius 3 is 2.61 bits per heavy atom. The third-order valence-corrected chi connectivity index (χ3v) is 5.63. The van der Waals surface area contributed by atoms with Crippen LogP contribution >= 0.6 is 0 Å². The number of rotatable bonds is 7. The van der Waals surface area contributed by atoms with E-state index in [4.69, 9.17) is 14.2 Å². The van der Waals surface area contributed by atoms with Gasteiger partial charge in [0.15, 0.2) is 11.5 Å². The number of likely N-dealkylation sites (tertiary alicyclic amines) is 1. The molecule has 1 N–H and O–H groups in total. The zero-order chi connectivity index (χ0) is 22.0. The summed E-state index contributed by atoms with van der Waals surface area (Å²) < 4.78 is 16.1. The third-order valence-electron chi connectivity index (χ3n) is 5.63. The molecule has 0 spiro atoms. The van der Waals surface area contributed by atoms with Crippen molar-refractivity contribution in [3.05, 3.63) is 59.2 Å². The van der Waals surface area contributed by atoms with Crippen molar-refractivity contribution in [2.24, 2.45) is 0 Å². The van der Waals surface area contributed by atoms with Crippen LogP contribution in [0, 0.1) is 0 Å². The van der Waals surface area contributed by atoms with Crippen LogP contribution in [0.15, 0.2) is 42.5 Å². The van der Waals surface area contributed by atoms with Crippen molar-refractivity contribution < 1.29 is 28.6 Å². The summed E-state index contributed by atoms with van der Waals surface area (Å²) in [6.45, 7) is 0.452. The Morgan fingerprint density at radius 2 is 1.90 bits per heavy atom. The quantitative estimate of drug-likeness (QED) is 0.685. The van der Waals surface area contributed by atoms with Gasteiger partial charge >= 0.3 is 5.97 Å². The minimum absolute atomic E-state index is 0.216. The predicted octanol–water partition coefficient (Wildman–Crippen LogP) is 2.22. The number of cyclic esters (lactones) is 1. The molecule has 2 aliphatic heterocycles. The summed E-state index contributed by atoms with van der Waals surface area (Å²) in [5.41, 5.74) is 1.82. The van der Waals surface area contributed by atoms with E-state index in [-0.39, 0.29) is 29.5 Å². The van der Waals surface area contributed by atoms with Gasteiger partial charge in [0.25, 0.3) is 0 Å². The lowest BCUT2D eigenvalue weighted by Gasteiger charge is -2.29. The highest BCUT2D eigenvalue weighted by atomic mass is 16.6. The number of nitrogens with one attached hydrogen (secondary N) is 1. The number of hydrogen-bond donors (Lipinski definition) is 1. The van der Waals surface area contributed by atoms with Crippen molar-refractivity contribution in [1.29, 1.82) is 0 Å². The van der Waals surface area contributed by atoms with Crippen molar-refractivity contribution >= 4 is 17.8 Å². The molecule has 1 unspecified atom stereocenters. The summed E-state index contributed by atoms with van der Waals surface area (Å²) in [4.78, 5) is 39.5. The largest absolute Gasteiger partial charge is 0.493 e. The molecule has 2 heterocycles. The average Bonchev–Trinajstić information content (AvgIpc) is 3.33. The second kappa shape index (κ2) is 8.67. The molecule has 4 rings (SSSR count). The molecule has 0 radical (unpaired) electrons. The molecule has 2 aromatic rings. The van der Waals surface area contributed by atoms with Gasteiger partial charge in [-0.3, -0.25) is 14.5 Å². The van der Waals surface area contributed by atoms with Gasteiger partial charge in [-0.05, 0) is 30.5 Å². The molecule has 0 aromatic heterocycles. The van der Waals surface area contributed by atoms with Crippen LogP contribution in [0.3, 0.4) is 0 Å². The molecule has 31 heavy (non-hydrogen) atoms. The first-order valence-corrected chi connectivity index (χ1v) is 10.1. The lowest BCUT2D eigenvalue weighted by atomic mass is 10.1. The number of esters is 1. The second-order valence-corrected chi connectivity index (χ2v) is 7.41. The maximum Gasteiger partial charge on any atom is 0.344 e. The summed E-state index contributed by atoms with van der Waals surface area (Å²) >= 11 is 0. The maximum atomic E-state index is 12.9. The van der Waals surface area contributed by atoms with E-state index in [9.17, 15) is 14.4 Å². The van der Waals surface area contributed by atoms with Crippen molar-refractivity contribution in [3.8, 4) is 11.5 Å². The summed E-state index contributed by atoms with van der Waals surface area (Å²) in [5, 5.41) is 2.91. The molecular weight excluding hydrogens is 400 g/mol. The first kappa shape index (κ1) is 20.7. The monoisotopic (exact) mass is 424 g/mol. The van der Waals surface area contributed by atoms with Crippen molar-refractivity contribution in [1.82, 2.24) is 10.2 Å². The average molecular weight is 424 g/mol. The molecule has 0 saturated carbocycles. The highest BCUT2D eigenvalue weighted by Crippen LogP contribution is 2.45. The number of carbonyl (C=O) groups is 3. The number of nitrogens with zero attached hydrogens (tertiary/aromatic N) is 1. The van der Waals surface area contributed by atoms with Gasteiger partial charge < -0.3 is 19.5 Å². The molecular formula is C23H24N2O6. The van der Waals surface area contributed by atoms with E-state index >= 15 is 0 Å². The third kappa shape index (κ3) is 3.81. The van der Waals surface area contributed by atoms with Gasteiger partial charge in [-0.15, -0.1) is 0 Å². The minimum atomic E-state index is -0.970. The van der Waals surface area contributed by atoms with E-state index < -0.39 is 18.2 Å². The molecule has 2 aliphatic rings. The highest BCUT2D eigenvalue weighted by molar-refractivity contribution is 5.99. The van der Waals surface area contributed by atoms with Crippen LogP contribution < -0.4 is 14.8 Å². The fraction of sp³-hybridized carbons (Fsp3) is 0.348. The molecule has 162 valence electrons. The molecule has 2 amide bonds. The van der Waals surface area contributed by atoms with Crippen LogP contribution in [0.4, 0.5) is 0 Å². The van der Waals surface area contributed by atoms with Crippen LogP contribution in [0.2, 0.25) is 0 Å². The predicted molar refractivity (Wildman–Crippen MR) is 111 cm³/mol. The minimum Gasteiger partial charge on any atom is -0.493 e. The van der Waals surface area contributed by atoms with Gasteiger partial charge in [0.1, 0.15) is 11.6 Å². The Morgan fingerprint density at radius 1 is 1.13 bits per heavy atom. The lowest BCUT2D eigenvalue weighted by Crippen LogP contribution is -2.46. The topological polar surface area (TPSA) is 94.2 Å². The SMILES string of the molecule is COc1ccc2c(c1OC)C(=O)OC2N1C(=O)CC[C@H]1C(=O)NCCc1ccccc1. The van der Waals surface area contributed by atoms with Gasteiger partial charge in [-0.25, -0.2) is 4.79 Å². The fourth-order valence-electron chi connectivity index (χ4n) is 4.14. The second-order valence-electron chi connectivity index (χ2n) is 7.41. The number of methoxy groups -OCH3 is 2. The first-order valence-electron chi connectivity index (χ1n) is 10.1. The molecule has 0 bridgehead atoms. The van der Waals surface area contributed by atoms with Crippen molar-refractivity contribution in [2.45, 2.75) is 31.5 Å². The molecule has 8 heteroatoms. The number of benzene rings is 2. The van der Waals surface area contributed by atoms with E-state index in [1.807, 2.05) is 30.3 Å². The first-order chi connectivity index (χ1) is 15.0. The number of ether oxygens (including phenoxy) is 3. The molecule has 0 aliphatic carbocycles. The van der Waals surface area contributed by atoms with E-state index in [0.717, 1.165) is 5.56 Å². The summed E-state index contributed by atoms with van der Waals surface area (Å²) in [7, 11) is 2.91. The van der Waals surface area contributed by atoms with Crippen molar-refractivity contribution in [3.63, 3.8) is 0 Å². The molecule has 8 nitrogen and oxygen atoms in total. The number of carbonyl (C=O) groups excluding carboxylic acids is 3. The smallest absolute Gasteiger partial charge is 0.344 e. The van der Waals surface area contributed by atoms with Gasteiger partial charge in [0, 0.05) is 18.5 Å². The summed E-state index contributed by atoms with van der Waals surface area (Å²) in [6.07, 6.45) is 0.299. The Bertz CT molecular complexity index is 1010. The molecule has 1 saturated heterocycles. The maximum absolute atomic E-state index is 12.9. The van der Waals surface area contributed by atoms with Gasteiger partial charge in [-0.2, -0.15) is 0 Å². The standard InChI is InChI=1S/C23H24N2O6/c1-29-17-10-8-15-19(20(17)30-2)23(28)31-22(15)25-16(9-11-18(25)26)21(27)24-13-12-14-6-4-3-5-7-14/h3-8,10,16,22H,9,11-13H2,1-2H3,(H,24,27)/t16-,22?/m0/s1. The van der Waals surface area contributed by atoms with Crippen LogP contribution in [0.25, 0.3) is 0 Å². The highest BCUT2D eigenvalue weighted by Gasteiger charge is 2.47. The van der Waals surface area contributed by atoms with Crippen molar-refractivity contribution in [2.75, 3.05) is 20.8 Å². The van der Waals surface area contributed by atoms with E-state index in [2.05, 4.69) is 5.32 Å². The van der Waals surface area contributed by atoms with E-state index in [0.29, 0.717) is 30.7 Å². The zero-order valence-corrected chi connectivity index (χ0v) is 17.4.